The van der Waals surface area contributed by atoms with Gasteiger partial charge < -0.3 is 20.3 Å². The van der Waals surface area contributed by atoms with Gasteiger partial charge in [-0.25, -0.2) is 0 Å². The number of rotatable bonds is 5. The third kappa shape index (κ3) is 2.46. The molecule has 0 spiro atoms. The van der Waals surface area contributed by atoms with E-state index in [-0.39, 0.29) is 6.61 Å². The van der Waals surface area contributed by atoms with E-state index in [1.165, 1.54) is 0 Å². The molecular weight excluding hydrogens is 206 g/mol. The van der Waals surface area contributed by atoms with Crippen LogP contribution in [0.15, 0.2) is 12.1 Å². The summed E-state index contributed by atoms with van der Waals surface area (Å²) in [6.45, 7) is 1.92. The molecule has 0 aliphatic carbocycles. The Morgan fingerprint density at radius 1 is 1.25 bits per heavy atom. The zero-order chi connectivity index (χ0) is 12.1. The molecule has 0 saturated carbocycles. The molecule has 3 N–H and O–H groups in total. The minimum absolute atomic E-state index is 0.120. The molecule has 4 heteroatoms. The minimum Gasteiger partial charge on any atom is -0.496 e. The summed E-state index contributed by atoms with van der Waals surface area (Å²) in [4.78, 5) is 0. The fourth-order valence-corrected chi connectivity index (χ4v) is 1.65. The quantitative estimate of drug-likeness (QED) is 0.791. The van der Waals surface area contributed by atoms with Crippen molar-refractivity contribution in [1.82, 2.24) is 0 Å². The number of aliphatic hydroxyl groups is 1. The van der Waals surface area contributed by atoms with Crippen molar-refractivity contribution >= 4 is 0 Å². The van der Waals surface area contributed by atoms with Gasteiger partial charge in [-0.15, -0.1) is 0 Å². The van der Waals surface area contributed by atoms with Gasteiger partial charge >= 0.3 is 0 Å². The Morgan fingerprint density at radius 3 is 2.31 bits per heavy atom. The van der Waals surface area contributed by atoms with E-state index < -0.39 is 6.04 Å². The van der Waals surface area contributed by atoms with Crippen molar-refractivity contribution in [3.05, 3.63) is 23.3 Å². The van der Waals surface area contributed by atoms with Crippen LogP contribution >= 0.6 is 0 Å². The highest BCUT2D eigenvalue weighted by atomic mass is 16.5. The van der Waals surface area contributed by atoms with Crippen LogP contribution < -0.4 is 15.2 Å². The average molecular weight is 225 g/mol. The molecule has 1 aromatic rings. The van der Waals surface area contributed by atoms with Crippen LogP contribution in [0.1, 0.15) is 24.1 Å². The van der Waals surface area contributed by atoms with E-state index in [1.807, 2.05) is 19.1 Å². The lowest BCUT2D eigenvalue weighted by atomic mass is 10.0. The SMILES string of the molecule is CCc1cc(OC)c(C(N)CO)cc1OC. The Balaban J connectivity index is 3.25. The van der Waals surface area contributed by atoms with Gasteiger partial charge in [-0.05, 0) is 24.1 Å². The van der Waals surface area contributed by atoms with Gasteiger partial charge in [0.15, 0.2) is 0 Å². The monoisotopic (exact) mass is 225 g/mol. The van der Waals surface area contributed by atoms with Gasteiger partial charge in [-0.1, -0.05) is 6.92 Å². The first-order valence-corrected chi connectivity index (χ1v) is 5.29. The summed E-state index contributed by atoms with van der Waals surface area (Å²) >= 11 is 0. The predicted octanol–water partition coefficient (Wildman–Crippen LogP) is 1.26. The third-order valence-electron chi connectivity index (χ3n) is 2.61. The first kappa shape index (κ1) is 12.8. The Morgan fingerprint density at radius 2 is 1.88 bits per heavy atom. The molecule has 0 bridgehead atoms. The zero-order valence-electron chi connectivity index (χ0n) is 9.99. The summed E-state index contributed by atoms with van der Waals surface area (Å²) < 4.78 is 10.5. The number of hydrogen-bond donors (Lipinski definition) is 2. The highest BCUT2D eigenvalue weighted by molar-refractivity contribution is 5.48. The van der Waals surface area contributed by atoms with E-state index >= 15 is 0 Å². The number of ether oxygens (including phenoxy) is 2. The van der Waals surface area contributed by atoms with E-state index in [4.69, 9.17) is 20.3 Å². The Kier molecular flexibility index (Phi) is 4.58. The van der Waals surface area contributed by atoms with Crippen LogP contribution in [-0.2, 0) is 6.42 Å². The second-order valence-corrected chi connectivity index (χ2v) is 3.55. The van der Waals surface area contributed by atoms with E-state index in [2.05, 4.69) is 0 Å². The normalized spacial score (nSPS) is 12.3. The van der Waals surface area contributed by atoms with Gasteiger partial charge in [0.2, 0.25) is 0 Å². The molecule has 16 heavy (non-hydrogen) atoms. The number of nitrogens with two attached hydrogens (primary N) is 1. The van der Waals surface area contributed by atoms with E-state index in [1.54, 1.807) is 14.2 Å². The standard InChI is InChI=1S/C12H19NO3/c1-4-8-5-12(16-3)9(10(13)7-14)6-11(8)15-2/h5-6,10,14H,4,7,13H2,1-3H3. The largest absolute Gasteiger partial charge is 0.496 e. The number of aliphatic hydroxyl groups excluding tert-OH is 1. The molecular formula is C12H19NO3. The molecule has 0 amide bonds. The van der Waals surface area contributed by atoms with Gasteiger partial charge in [0, 0.05) is 5.56 Å². The van der Waals surface area contributed by atoms with Crippen molar-refractivity contribution in [2.24, 2.45) is 5.73 Å². The molecule has 1 aromatic carbocycles. The van der Waals surface area contributed by atoms with Crippen LogP contribution in [0.5, 0.6) is 11.5 Å². The molecule has 1 unspecified atom stereocenters. The number of hydrogen-bond acceptors (Lipinski definition) is 4. The molecule has 0 radical (unpaired) electrons. The Labute approximate surface area is 96.0 Å². The van der Waals surface area contributed by atoms with Crippen LogP contribution in [0.25, 0.3) is 0 Å². The highest BCUT2D eigenvalue weighted by Gasteiger charge is 2.15. The fourth-order valence-electron chi connectivity index (χ4n) is 1.65. The average Bonchev–Trinajstić information content (AvgIpc) is 2.35. The second-order valence-electron chi connectivity index (χ2n) is 3.55. The Bertz CT molecular complexity index is 352. The summed E-state index contributed by atoms with van der Waals surface area (Å²) in [7, 11) is 3.21. The summed E-state index contributed by atoms with van der Waals surface area (Å²) in [6, 6.07) is 3.29. The molecule has 0 heterocycles. The molecule has 90 valence electrons. The fraction of sp³-hybridized carbons (Fsp3) is 0.500. The molecule has 4 nitrogen and oxygen atoms in total. The van der Waals surface area contributed by atoms with Crippen LogP contribution in [0.3, 0.4) is 0 Å². The number of aryl methyl sites for hydroxylation is 1. The molecule has 0 aromatic heterocycles. The summed E-state index contributed by atoms with van der Waals surface area (Å²) in [5.74, 6) is 1.47. The minimum atomic E-state index is -0.449. The van der Waals surface area contributed by atoms with Crippen molar-refractivity contribution < 1.29 is 14.6 Å². The third-order valence-corrected chi connectivity index (χ3v) is 2.61. The van der Waals surface area contributed by atoms with Gasteiger partial charge in [-0.2, -0.15) is 0 Å². The lowest BCUT2D eigenvalue weighted by Crippen LogP contribution is -2.16. The smallest absolute Gasteiger partial charge is 0.124 e. The van der Waals surface area contributed by atoms with E-state index in [9.17, 15) is 0 Å². The maximum Gasteiger partial charge on any atom is 0.124 e. The van der Waals surface area contributed by atoms with Gasteiger partial charge in [0.05, 0.1) is 26.9 Å². The summed E-state index contributed by atoms with van der Waals surface area (Å²) in [6.07, 6.45) is 0.855. The van der Waals surface area contributed by atoms with Crippen LogP contribution in [0, 0.1) is 0 Å². The van der Waals surface area contributed by atoms with E-state index in [0.717, 1.165) is 23.3 Å². The van der Waals surface area contributed by atoms with Crippen LogP contribution in [0.2, 0.25) is 0 Å². The number of methoxy groups -OCH3 is 2. The summed E-state index contributed by atoms with van der Waals surface area (Å²) in [5, 5.41) is 9.08. The van der Waals surface area contributed by atoms with Gasteiger partial charge in [-0.3, -0.25) is 0 Å². The zero-order valence-corrected chi connectivity index (χ0v) is 9.99. The van der Waals surface area contributed by atoms with Crippen LogP contribution in [-0.4, -0.2) is 25.9 Å². The maximum absolute atomic E-state index is 9.08. The van der Waals surface area contributed by atoms with Gasteiger partial charge in [0.25, 0.3) is 0 Å². The molecule has 0 fully saturated rings. The topological polar surface area (TPSA) is 64.7 Å². The van der Waals surface area contributed by atoms with Crippen LogP contribution in [0.4, 0.5) is 0 Å². The first-order valence-electron chi connectivity index (χ1n) is 5.29. The maximum atomic E-state index is 9.08. The van der Waals surface area contributed by atoms with Gasteiger partial charge in [0.1, 0.15) is 11.5 Å². The van der Waals surface area contributed by atoms with Crippen molar-refractivity contribution in [1.29, 1.82) is 0 Å². The highest BCUT2D eigenvalue weighted by Crippen LogP contribution is 2.32. The van der Waals surface area contributed by atoms with Crippen molar-refractivity contribution in [3.8, 4) is 11.5 Å². The lowest BCUT2D eigenvalue weighted by molar-refractivity contribution is 0.264. The predicted molar refractivity (Wildman–Crippen MR) is 62.9 cm³/mol. The molecule has 1 atom stereocenters. The summed E-state index contributed by atoms with van der Waals surface area (Å²) in [5.41, 5.74) is 7.63. The number of benzene rings is 1. The molecule has 1 rings (SSSR count). The van der Waals surface area contributed by atoms with E-state index in [0.29, 0.717) is 5.75 Å². The lowest BCUT2D eigenvalue weighted by Gasteiger charge is -2.17. The molecule has 0 aliphatic heterocycles. The first-order chi connectivity index (χ1) is 7.67. The molecule has 0 aliphatic rings. The second kappa shape index (κ2) is 5.72. The van der Waals surface area contributed by atoms with Crippen molar-refractivity contribution in [2.75, 3.05) is 20.8 Å². The Hall–Kier alpha value is -1.26. The molecule has 0 saturated heterocycles. The van der Waals surface area contributed by atoms with Crippen molar-refractivity contribution in [3.63, 3.8) is 0 Å². The van der Waals surface area contributed by atoms with Crippen molar-refractivity contribution in [2.45, 2.75) is 19.4 Å².